The van der Waals surface area contributed by atoms with Gasteiger partial charge < -0.3 is 5.32 Å². The SMILES string of the molecule is CNc1ncnc2ccc(-c3cccc(CN(Cc4ccccn4)S(=O)(=O)c4ccccc4)c3)cc12. The molecule has 0 fully saturated rings. The summed E-state index contributed by atoms with van der Waals surface area (Å²) >= 11 is 0. The third kappa shape index (κ3) is 4.95. The van der Waals surface area contributed by atoms with Gasteiger partial charge >= 0.3 is 0 Å². The molecule has 8 heteroatoms. The Morgan fingerprint density at radius 1 is 0.778 bits per heavy atom. The first-order chi connectivity index (χ1) is 17.5. The van der Waals surface area contributed by atoms with Gasteiger partial charge in [-0.3, -0.25) is 4.98 Å². The van der Waals surface area contributed by atoms with Crippen LogP contribution in [0.4, 0.5) is 5.82 Å². The summed E-state index contributed by atoms with van der Waals surface area (Å²) in [6.07, 6.45) is 3.21. The first-order valence-corrected chi connectivity index (χ1v) is 13.0. The van der Waals surface area contributed by atoms with Crippen LogP contribution in [0.3, 0.4) is 0 Å². The summed E-state index contributed by atoms with van der Waals surface area (Å²) in [5.41, 5.74) is 4.39. The van der Waals surface area contributed by atoms with E-state index in [1.165, 1.54) is 10.6 Å². The highest BCUT2D eigenvalue weighted by Gasteiger charge is 2.25. The number of hydrogen-bond donors (Lipinski definition) is 1. The van der Waals surface area contributed by atoms with E-state index >= 15 is 0 Å². The molecule has 0 aliphatic heterocycles. The zero-order valence-electron chi connectivity index (χ0n) is 19.7. The van der Waals surface area contributed by atoms with Crippen molar-refractivity contribution in [2.75, 3.05) is 12.4 Å². The maximum absolute atomic E-state index is 13.6. The second kappa shape index (κ2) is 10.2. The number of nitrogens with zero attached hydrogens (tertiary/aromatic N) is 4. The Kier molecular flexibility index (Phi) is 6.71. The quantitative estimate of drug-likeness (QED) is 0.321. The van der Waals surface area contributed by atoms with E-state index in [9.17, 15) is 8.42 Å². The summed E-state index contributed by atoms with van der Waals surface area (Å²) in [7, 11) is -1.91. The molecule has 7 nitrogen and oxygen atoms in total. The Labute approximate surface area is 210 Å². The monoisotopic (exact) mass is 495 g/mol. The average molecular weight is 496 g/mol. The Balaban J connectivity index is 1.51. The molecule has 1 N–H and O–H groups in total. The van der Waals surface area contributed by atoms with Crippen LogP contribution < -0.4 is 5.32 Å². The molecule has 180 valence electrons. The number of anilines is 1. The van der Waals surface area contributed by atoms with Gasteiger partial charge in [0.15, 0.2) is 0 Å². The second-order valence-corrected chi connectivity index (χ2v) is 10.2. The van der Waals surface area contributed by atoms with E-state index in [1.54, 1.807) is 36.5 Å². The van der Waals surface area contributed by atoms with Gasteiger partial charge in [0.1, 0.15) is 12.1 Å². The van der Waals surface area contributed by atoms with E-state index in [4.69, 9.17) is 0 Å². The van der Waals surface area contributed by atoms with E-state index in [1.807, 2.05) is 67.7 Å². The molecule has 0 aliphatic rings. The van der Waals surface area contributed by atoms with Gasteiger partial charge in [-0.25, -0.2) is 18.4 Å². The standard InChI is InChI=1S/C28H25N5O2S/c1-29-28-26-17-23(13-14-27(26)31-20-32-28)22-9-7-8-21(16-22)18-33(19-24-10-5-6-15-30-24)36(34,35)25-11-3-2-4-12-25/h2-17,20H,18-19H2,1H3,(H,29,31,32). The molecule has 2 heterocycles. The number of nitrogens with one attached hydrogen (secondary N) is 1. The predicted molar refractivity (Wildman–Crippen MR) is 142 cm³/mol. The Hall–Kier alpha value is -4.14. The lowest BCUT2D eigenvalue weighted by Gasteiger charge is -2.22. The van der Waals surface area contributed by atoms with Crippen molar-refractivity contribution >= 4 is 26.7 Å². The van der Waals surface area contributed by atoms with Crippen LogP contribution in [0.5, 0.6) is 0 Å². The third-order valence-electron chi connectivity index (χ3n) is 5.94. The maximum atomic E-state index is 13.6. The number of pyridine rings is 1. The van der Waals surface area contributed by atoms with Gasteiger partial charge in [-0.05, 0) is 59.2 Å². The molecule has 0 aliphatic carbocycles. The van der Waals surface area contributed by atoms with Crippen molar-refractivity contribution in [2.24, 2.45) is 0 Å². The molecular weight excluding hydrogens is 470 g/mol. The summed E-state index contributed by atoms with van der Waals surface area (Å²) in [6, 6.07) is 28.0. The molecule has 0 unspecified atom stereocenters. The van der Waals surface area contributed by atoms with Gasteiger partial charge in [0.25, 0.3) is 0 Å². The van der Waals surface area contributed by atoms with Crippen LogP contribution in [0, 0.1) is 0 Å². The van der Waals surface area contributed by atoms with Gasteiger partial charge in [-0.1, -0.05) is 48.5 Å². The van der Waals surface area contributed by atoms with Crippen molar-refractivity contribution < 1.29 is 8.42 Å². The Bertz CT molecular complexity index is 1590. The van der Waals surface area contributed by atoms with Crippen LogP contribution >= 0.6 is 0 Å². The highest BCUT2D eigenvalue weighted by Crippen LogP contribution is 2.28. The fraction of sp³-hybridized carbons (Fsp3) is 0.107. The van der Waals surface area contributed by atoms with E-state index < -0.39 is 10.0 Å². The van der Waals surface area contributed by atoms with Crippen molar-refractivity contribution in [1.29, 1.82) is 0 Å². The molecule has 0 spiro atoms. The van der Waals surface area contributed by atoms with Gasteiger partial charge in [0, 0.05) is 25.2 Å². The highest BCUT2D eigenvalue weighted by molar-refractivity contribution is 7.89. The van der Waals surface area contributed by atoms with Crippen molar-refractivity contribution in [3.8, 4) is 11.1 Å². The van der Waals surface area contributed by atoms with Crippen LogP contribution in [0.1, 0.15) is 11.3 Å². The molecule has 5 aromatic rings. The van der Waals surface area contributed by atoms with Crippen molar-refractivity contribution in [2.45, 2.75) is 18.0 Å². The molecule has 0 atom stereocenters. The molecule has 36 heavy (non-hydrogen) atoms. The number of sulfonamides is 1. The van der Waals surface area contributed by atoms with Gasteiger partial charge in [-0.15, -0.1) is 0 Å². The third-order valence-corrected chi connectivity index (χ3v) is 7.74. The molecular formula is C28H25N5O2S. The summed E-state index contributed by atoms with van der Waals surface area (Å²) in [5.74, 6) is 0.758. The predicted octanol–water partition coefficient (Wildman–Crippen LogP) is 5.12. The molecule has 3 aromatic carbocycles. The molecule has 5 rings (SSSR count). The lowest BCUT2D eigenvalue weighted by Crippen LogP contribution is -2.30. The molecule has 0 radical (unpaired) electrons. The Morgan fingerprint density at radius 2 is 1.58 bits per heavy atom. The van der Waals surface area contributed by atoms with Crippen LogP contribution in [0.25, 0.3) is 22.0 Å². The van der Waals surface area contributed by atoms with Crippen molar-refractivity contribution in [3.63, 3.8) is 0 Å². The van der Waals surface area contributed by atoms with E-state index in [-0.39, 0.29) is 18.0 Å². The van der Waals surface area contributed by atoms with Crippen LogP contribution in [-0.2, 0) is 23.1 Å². The first kappa shape index (κ1) is 23.6. The smallest absolute Gasteiger partial charge is 0.243 e. The van der Waals surface area contributed by atoms with E-state index in [2.05, 4.69) is 20.3 Å². The average Bonchev–Trinajstić information content (AvgIpc) is 2.93. The number of fused-ring (bicyclic) bond motifs is 1. The molecule has 2 aromatic heterocycles. The molecule has 0 saturated carbocycles. The number of rotatable bonds is 8. The highest BCUT2D eigenvalue weighted by atomic mass is 32.2. The fourth-order valence-electron chi connectivity index (χ4n) is 4.13. The number of aromatic nitrogens is 3. The topological polar surface area (TPSA) is 88.1 Å². The zero-order valence-corrected chi connectivity index (χ0v) is 20.6. The Morgan fingerprint density at radius 3 is 2.36 bits per heavy atom. The molecule has 0 bridgehead atoms. The minimum atomic E-state index is -3.74. The summed E-state index contributed by atoms with van der Waals surface area (Å²) in [6.45, 7) is 0.376. The lowest BCUT2D eigenvalue weighted by atomic mass is 10.0. The summed E-state index contributed by atoms with van der Waals surface area (Å²) in [4.78, 5) is 13.3. The first-order valence-electron chi connectivity index (χ1n) is 11.5. The van der Waals surface area contributed by atoms with Gasteiger partial charge in [-0.2, -0.15) is 4.31 Å². The zero-order chi connectivity index (χ0) is 25.0. The fourth-order valence-corrected chi connectivity index (χ4v) is 5.55. The summed E-state index contributed by atoms with van der Waals surface area (Å²) in [5, 5.41) is 4.03. The largest absolute Gasteiger partial charge is 0.373 e. The van der Waals surface area contributed by atoms with E-state index in [0.29, 0.717) is 5.69 Å². The van der Waals surface area contributed by atoms with Crippen LogP contribution in [-0.4, -0.2) is 34.7 Å². The minimum Gasteiger partial charge on any atom is -0.373 e. The van der Waals surface area contributed by atoms with Crippen LogP contribution in [0.2, 0.25) is 0 Å². The number of benzene rings is 3. The number of hydrogen-bond acceptors (Lipinski definition) is 6. The summed E-state index contributed by atoms with van der Waals surface area (Å²) < 4.78 is 28.6. The van der Waals surface area contributed by atoms with Crippen molar-refractivity contribution in [3.05, 3.63) is 115 Å². The van der Waals surface area contributed by atoms with Crippen molar-refractivity contribution in [1.82, 2.24) is 19.3 Å². The van der Waals surface area contributed by atoms with E-state index in [0.717, 1.165) is 33.4 Å². The van der Waals surface area contributed by atoms with Crippen LogP contribution in [0.15, 0.2) is 108 Å². The molecule has 0 saturated heterocycles. The lowest BCUT2D eigenvalue weighted by molar-refractivity contribution is 0.397. The van der Waals surface area contributed by atoms with Gasteiger partial charge in [0.2, 0.25) is 10.0 Å². The second-order valence-electron chi connectivity index (χ2n) is 8.31. The molecule has 0 amide bonds. The normalized spacial score (nSPS) is 11.6. The minimum absolute atomic E-state index is 0.168. The maximum Gasteiger partial charge on any atom is 0.243 e. The van der Waals surface area contributed by atoms with Gasteiger partial charge in [0.05, 0.1) is 22.7 Å².